The fourth-order valence-electron chi connectivity index (χ4n) is 2.96. The molecule has 1 aromatic carbocycles. The van der Waals surface area contributed by atoms with Crippen LogP contribution >= 0.6 is 0 Å². The van der Waals surface area contributed by atoms with Crippen molar-refractivity contribution in [1.82, 2.24) is 0 Å². The molecule has 3 rings (SSSR count). The van der Waals surface area contributed by atoms with E-state index >= 15 is 0 Å². The monoisotopic (exact) mass is 293 g/mol. The summed E-state index contributed by atoms with van der Waals surface area (Å²) in [4.78, 5) is 0. The lowest BCUT2D eigenvalue weighted by Gasteiger charge is -2.32. The first-order valence-electron chi connectivity index (χ1n) is 7.57. The third-order valence-electron chi connectivity index (χ3n) is 3.93. The molecule has 1 saturated heterocycles. The summed E-state index contributed by atoms with van der Waals surface area (Å²) in [5.41, 5.74) is 7.71. The lowest BCUT2D eigenvalue weighted by molar-refractivity contribution is -0.106. The number of rotatable bonds is 3. The van der Waals surface area contributed by atoms with Gasteiger partial charge >= 0.3 is 0 Å². The van der Waals surface area contributed by atoms with Crippen molar-refractivity contribution in [1.29, 1.82) is 0 Å². The van der Waals surface area contributed by atoms with Crippen molar-refractivity contribution in [3.8, 4) is 11.5 Å². The summed E-state index contributed by atoms with van der Waals surface area (Å²) in [6.07, 6.45) is 2.56. The molecule has 2 N–H and O–H groups in total. The van der Waals surface area contributed by atoms with Gasteiger partial charge in [-0.25, -0.2) is 0 Å². The number of nitrogens with two attached hydrogens (primary N) is 1. The summed E-state index contributed by atoms with van der Waals surface area (Å²) < 4.78 is 22.9. The van der Waals surface area contributed by atoms with Crippen LogP contribution in [0.4, 0.5) is 5.69 Å². The minimum absolute atomic E-state index is 0.219. The number of benzene rings is 1. The fourth-order valence-corrected chi connectivity index (χ4v) is 2.96. The molecule has 0 radical (unpaired) electrons. The number of hydrogen-bond acceptors (Lipinski definition) is 5. The van der Waals surface area contributed by atoms with E-state index in [2.05, 4.69) is 13.8 Å². The average Bonchev–Trinajstić information content (AvgIpc) is 2.44. The van der Waals surface area contributed by atoms with Gasteiger partial charge in [-0.3, -0.25) is 0 Å². The third-order valence-corrected chi connectivity index (χ3v) is 3.93. The average molecular weight is 293 g/mol. The molecule has 2 aliphatic heterocycles. The van der Waals surface area contributed by atoms with Crippen molar-refractivity contribution in [2.24, 2.45) is 0 Å². The number of ether oxygens (including phenoxy) is 4. The highest BCUT2D eigenvalue weighted by atomic mass is 16.6. The van der Waals surface area contributed by atoms with Crippen LogP contribution in [-0.4, -0.2) is 31.5 Å². The summed E-state index contributed by atoms with van der Waals surface area (Å²) in [6, 6.07) is 3.75. The number of fused-ring (bicyclic) bond motifs is 1. The predicted molar refractivity (Wildman–Crippen MR) is 79.7 cm³/mol. The Balaban J connectivity index is 1.65. The Kier molecular flexibility index (Phi) is 4.22. The molecule has 5 nitrogen and oxygen atoms in total. The van der Waals surface area contributed by atoms with Gasteiger partial charge in [0.05, 0.1) is 24.9 Å². The fraction of sp³-hybridized carbons (Fsp3) is 0.625. The number of anilines is 1. The Hall–Kier alpha value is -1.46. The molecule has 21 heavy (non-hydrogen) atoms. The van der Waals surface area contributed by atoms with Crippen LogP contribution in [0.3, 0.4) is 0 Å². The molecule has 2 heterocycles. The minimum atomic E-state index is 0.219. The Labute approximate surface area is 125 Å². The van der Waals surface area contributed by atoms with E-state index in [1.165, 1.54) is 0 Å². The first kappa shape index (κ1) is 14.5. The van der Waals surface area contributed by atoms with Gasteiger partial charge in [0.25, 0.3) is 0 Å². The van der Waals surface area contributed by atoms with E-state index in [1.54, 1.807) is 0 Å². The lowest BCUT2D eigenvalue weighted by atomic mass is 10.0. The first-order valence-corrected chi connectivity index (χ1v) is 7.57. The lowest BCUT2D eigenvalue weighted by Crippen LogP contribution is -2.34. The second kappa shape index (κ2) is 6.12. The van der Waals surface area contributed by atoms with Crippen LogP contribution in [0.1, 0.15) is 32.3 Å². The van der Waals surface area contributed by atoms with Gasteiger partial charge in [0.1, 0.15) is 13.2 Å². The summed E-state index contributed by atoms with van der Waals surface area (Å²) in [7, 11) is 0. The maximum Gasteiger partial charge on any atom is 0.163 e. The second-order valence-electron chi connectivity index (χ2n) is 5.86. The highest BCUT2D eigenvalue weighted by Crippen LogP contribution is 2.35. The van der Waals surface area contributed by atoms with Gasteiger partial charge in [-0.05, 0) is 32.8 Å². The molecule has 2 unspecified atom stereocenters. The highest BCUT2D eigenvalue weighted by molar-refractivity contribution is 5.58. The van der Waals surface area contributed by atoms with Crippen molar-refractivity contribution < 1.29 is 18.9 Å². The molecule has 116 valence electrons. The van der Waals surface area contributed by atoms with Crippen LogP contribution in [0.2, 0.25) is 0 Å². The van der Waals surface area contributed by atoms with Crippen molar-refractivity contribution in [3.63, 3.8) is 0 Å². The quantitative estimate of drug-likeness (QED) is 0.868. The van der Waals surface area contributed by atoms with E-state index in [1.807, 2.05) is 12.1 Å². The molecule has 2 aliphatic rings. The van der Waals surface area contributed by atoms with Gasteiger partial charge in [-0.1, -0.05) is 0 Å². The molecule has 1 fully saturated rings. The zero-order chi connectivity index (χ0) is 14.8. The van der Waals surface area contributed by atoms with Crippen LogP contribution in [-0.2, 0) is 16.1 Å². The number of hydrogen-bond donors (Lipinski definition) is 1. The molecule has 0 bridgehead atoms. The van der Waals surface area contributed by atoms with Crippen LogP contribution in [0.25, 0.3) is 0 Å². The van der Waals surface area contributed by atoms with Crippen LogP contribution in [0.15, 0.2) is 12.1 Å². The Morgan fingerprint density at radius 2 is 1.71 bits per heavy atom. The van der Waals surface area contributed by atoms with Gasteiger partial charge < -0.3 is 24.7 Å². The summed E-state index contributed by atoms with van der Waals surface area (Å²) in [5.74, 6) is 1.47. The van der Waals surface area contributed by atoms with Crippen molar-refractivity contribution >= 4 is 5.69 Å². The SMILES string of the molecule is CC1CC(OCc2cc3c(cc2N)OCCO3)CC(C)O1. The first-order chi connectivity index (χ1) is 10.1. The largest absolute Gasteiger partial charge is 0.486 e. The van der Waals surface area contributed by atoms with E-state index in [-0.39, 0.29) is 18.3 Å². The molecule has 0 amide bonds. The van der Waals surface area contributed by atoms with E-state index in [4.69, 9.17) is 24.7 Å². The zero-order valence-corrected chi connectivity index (χ0v) is 12.6. The summed E-state index contributed by atoms with van der Waals surface area (Å²) in [5, 5.41) is 0. The minimum Gasteiger partial charge on any atom is -0.486 e. The molecule has 0 aromatic heterocycles. The smallest absolute Gasteiger partial charge is 0.163 e. The molecule has 1 aromatic rings. The van der Waals surface area contributed by atoms with E-state index in [0.717, 1.165) is 29.9 Å². The molecule has 0 aliphatic carbocycles. The third kappa shape index (κ3) is 3.41. The summed E-state index contributed by atoms with van der Waals surface area (Å²) >= 11 is 0. The van der Waals surface area contributed by atoms with Crippen LogP contribution in [0.5, 0.6) is 11.5 Å². The van der Waals surface area contributed by atoms with Gasteiger partial charge in [-0.15, -0.1) is 0 Å². The van der Waals surface area contributed by atoms with Crippen LogP contribution in [0, 0.1) is 0 Å². The van der Waals surface area contributed by atoms with E-state index in [0.29, 0.717) is 25.5 Å². The molecule has 0 saturated carbocycles. The molecule has 0 spiro atoms. The molecule has 5 heteroatoms. The maximum absolute atomic E-state index is 6.07. The second-order valence-corrected chi connectivity index (χ2v) is 5.86. The Morgan fingerprint density at radius 3 is 2.38 bits per heavy atom. The van der Waals surface area contributed by atoms with Gasteiger partial charge in [0.15, 0.2) is 11.5 Å². The van der Waals surface area contributed by atoms with Gasteiger partial charge in [-0.2, -0.15) is 0 Å². The van der Waals surface area contributed by atoms with E-state index in [9.17, 15) is 0 Å². The number of nitrogen functional groups attached to an aromatic ring is 1. The molecule has 2 atom stereocenters. The van der Waals surface area contributed by atoms with Crippen molar-refractivity contribution in [2.45, 2.75) is 51.6 Å². The van der Waals surface area contributed by atoms with Crippen molar-refractivity contribution in [3.05, 3.63) is 17.7 Å². The topological polar surface area (TPSA) is 62.9 Å². The normalized spacial score (nSPS) is 28.4. The summed E-state index contributed by atoms with van der Waals surface area (Å²) in [6.45, 7) is 5.81. The zero-order valence-electron chi connectivity index (χ0n) is 12.6. The van der Waals surface area contributed by atoms with Crippen LogP contribution < -0.4 is 15.2 Å². The Morgan fingerprint density at radius 1 is 1.10 bits per heavy atom. The van der Waals surface area contributed by atoms with Crippen molar-refractivity contribution in [2.75, 3.05) is 18.9 Å². The molecular weight excluding hydrogens is 270 g/mol. The van der Waals surface area contributed by atoms with Gasteiger partial charge in [0.2, 0.25) is 0 Å². The standard InChI is InChI=1S/C16H23NO4/c1-10-5-13(6-11(2)21-10)20-9-12-7-15-16(8-14(12)17)19-4-3-18-15/h7-8,10-11,13H,3-6,9,17H2,1-2H3. The predicted octanol–water partition coefficient (Wildman–Crippen LogP) is 2.51. The molecular formula is C16H23NO4. The maximum atomic E-state index is 6.07. The van der Waals surface area contributed by atoms with E-state index < -0.39 is 0 Å². The Bertz CT molecular complexity index is 495. The van der Waals surface area contributed by atoms with Gasteiger partial charge in [0, 0.05) is 17.3 Å². The highest BCUT2D eigenvalue weighted by Gasteiger charge is 2.25.